The molecule has 0 aliphatic heterocycles. The van der Waals surface area contributed by atoms with Gasteiger partial charge in [-0.15, -0.1) is 0 Å². The Morgan fingerprint density at radius 1 is 1.22 bits per heavy atom. The van der Waals surface area contributed by atoms with Crippen molar-refractivity contribution in [3.05, 3.63) is 65.9 Å². The largest absolute Gasteiger partial charge is 0.846 e. The number of benzene rings is 2. The highest BCUT2D eigenvalue weighted by Crippen LogP contribution is 2.12. The Labute approximate surface area is 156 Å². The van der Waals surface area contributed by atoms with E-state index in [-0.39, 0.29) is 5.88 Å². The maximum atomic E-state index is 12.0. The monoisotopic (exact) mass is 357 g/mol. The van der Waals surface area contributed by atoms with Crippen molar-refractivity contribution in [1.29, 1.82) is 5.26 Å². The van der Waals surface area contributed by atoms with E-state index in [2.05, 4.69) is 34.3 Å². The zero-order valence-electron chi connectivity index (χ0n) is 14.5. The Bertz CT molecular complexity index is 1050. The van der Waals surface area contributed by atoms with Crippen molar-refractivity contribution in [2.24, 2.45) is 4.99 Å². The third-order valence-corrected chi connectivity index (χ3v) is 3.67. The van der Waals surface area contributed by atoms with E-state index < -0.39 is 6.02 Å². The fraction of sp³-hybridized carbons (Fsp3) is 0.100. The van der Waals surface area contributed by atoms with Crippen LogP contribution in [0.5, 0.6) is 0 Å². The predicted octanol–water partition coefficient (Wildman–Crippen LogP) is 1.85. The van der Waals surface area contributed by atoms with E-state index in [1.807, 2.05) is 24.3 Å². The Kier molecular flexibility index (Phi) is 5.46. The molecule has 1 heterocycles. The summed E-state index contributed by atoms with van der Waals surface area (Å²) < 4.78 is 6.59. The summed E-state index contributed by atoms with van der Waals surface area (Å²) in [4.78, 5) is 3.84. The molecule has 0 saturated heterocycles. The number of nitriles is 1. The maximum Gasteiger partial charge on any atom is 0.322 e. The molecular weight excluding hydrogens is 342 g/mol. The van der Waals surface area contributed by atoms with E-state index in [1.54, 1.807) is 30.3 Å². The highest BCUT2D eigenvalue weighted by atomic mass is 16.5. The van der Waals surface area contributed by atoms with E-state index in [4.69, 9.17) is 9.78 Å². The molecule has 1 aromatic heterocycles. The lowest BCUT2D eigenvalue weighted by molar-refractivity contribution is -0.670. The van der Waals surface area contributed by atoms with Crippen LogP contribution in [0.2, 0.25) is 0 Å². The molecule has 0 aliphatic rings. The minimum absolute atomic E-state index is 0.0866. The van der Waals surface area contributed by atoms with Gasteiger partial charge in [0.1, 0.15) is 0 Å². The van der Waals surface area contributed by atoms with Crippen molar-refractivity contribution in [3.63, 3.8) is 0 Å². The number of rotatable bonds is 4. The van der Waals surface area contributed by atoms with E-state index in [0.29, 0.717) is 11.3 Å². The van der Waals surface area contributed by atoms with Crippen LogP contribution in [0.1, 0.15) is 18.1 Å². The third-order valence-electron chi connectivity index (χ3n) is 3.67. The van der Waals surface area contributed by atoms with Gasteiger partial charge in [-0.25, -0.2) is 4.99 Å². The number of hydrogen-bond acceptors (Lipinski definition) is 5. The molecular formula is C20H15N5O2. The number of aryl methyl sites for hydroxylation is 1. The van der Waals surface area contributed by atoms with Gasteiger partial charge in [0.05, 0.1) is 6.02 Å². The minimum atomic E-state index is -0.588. The van der Waals surface area contributed by atoms with E-state index in [9.17, 15) is 5.11 Å². The van der Waals surface area contributed by atoms with E-state index in [1.165, 1.54) is 16.4 Å². The Balaban J connectivity index is 1.69. The number of anilines is 1. The van der Waals surface area contributed by atoms with Crippen molar-refractivity contribution in [2.75, 3.05) is 5.32 Å². The van der Waals surface area contributed by atoms with Gasteiger partial charge in [-0.05, 0) is 40.9 Å². The summed E-state index contributed by atoms with van der Waals surface area (Å²) in [6.07, 6.45) is 2.48. The standard InChI is InChI=1S/C20H15N5O2/c1-2-15-7-11-18(12-8-15)25-14-19(27-24-25)23-20(26)22-17-9-5-16(6-10-17)4-3-13-21/h5-12,14H,2H2,1H3,(H-,22,23,24,26). The van der Waals surface area contributed by atoms with Crippen molar-refractivity contribution < 1.29 is 14.3 Å². The molecule has 3 rings (SSSR count). The molecule has 0 amide bonds. The molecule has 0 spiro atoms. The summed E-state index contributed by atoms with van der Waals surface area (Å²) in [7, 11) is 0. The fourth-order valence-electron chi connectivity index (χ4n) is 2.28. The number of aromatic nitrogens is 2. The molecule has 3 aromatic rings. The van der Waals surface area contributed by atoms with Gasteiger partial charge in [0, 0.05) is 29.3 Å². The van der Waals surface area contributed by atoms with Crippen molar-refractivity contribution in [2.45, 2.75) is 13.3 Å². The van der Waals surface area contributed by atoms with Crippen LogP contribution < -0.4 is 15.1 Å². The second-order valence-electron chi connectivity index (χ2n) is 5.49. The van der Waals surface area contributed by atoms with Crippen molar-refractivity contribution in [1.82, 2.24) is 5.27 Å². The average Bonchev–Trinajstić information content (AvgIpc) is 3.16. The first-order chi connectivity index (χ1) is 13.2. The van der Waals surface area contributed by atoms with E-state index >= 15 is 0 Å². The Morgan fingerprint density at radius 2 is 1.96 bits per heavy atom. The van der Waals surface area contributed by atoms with Gasteiger partial charge in [0.15, 0.2) is 6.07 Å². The molecule has 7 heteroatoms. The van der Waals surface area contributed by atoms with Gasteiger partial charge < -0.3 is 10.4 Å². The lowest BCUT2D eigenvalue weighted by Crippen LogP contribution is -2.31. The molecule has 0 fully saturated rings. The maximum absolute atomic E-state index is 12.0. The third kappa shape index (κ3) is 4.71. The van der Waals surface area contributed by atoms with Crippen LogP contribution in [0.25, 0.3) is 5.69 Å². The number of aliphatic imine (C=N–C) groups is 1. The van der Waals surface area contributed by atoms with Crippen LogP contribution in [-0.2, 0) is 6.42 Å². The molecule has 132 valence electrons. The molecule has 0 radical (unpaired) electrons. The van der Waals surface area contributed by atoms with Crippen molar-refractivity contribution in [3.8, 4) is 23.6 Å². The SMILES string of the molecule is CCc1ccc(-[n+]2cc(/N=C(\[O-])Nc3ccc(C#CC#N)cc3)on2)cc1. The molecule has 0 bridgehead atoms. The highest BCUT2D eigenvalue weighted by molar-refractivity contribution is 5.87. The lowest BCUT2D eigenvalue weighted by atomic mass is 10.1. The molecule has 27 heavy (non-hydrogen) atoms. The molecule has 0 unspecified atom stereocenters. The van der Waals surface area contributed by atoms with Crippen LogP contribution in [-0.4, -0.2) is 11.3 Å². The van der Waals surface area contributed by atoms with Gasteiger partial charge in [-0.2, -0.15) is 5.26 Å². The van der Waals surface area contributed by atoms with Gasteiger partial charge in [0.2, 0.25) is 11.0 Å². The first-order valence-electron chi connectivity index (χ1n) is 8.19. The van der Waals surface area contributed by atoms with Crippen LogP contribution in [0, 0.1) is 23.2 Å². The van der Waals surface area contributed by atoms with Gasteiger partial charge in [0.25, 0.3) is 6.20 Å². The van der Waals surface area contributed by atoms with Gasteiger partial charge in [-0.1, -0.05) is 25.0 Å². The summed E-state index contributed by atoms with van der Waals surface area (Å²) in [5.41, 5.74) is 3.26. The second kappa shape index (κ2) is 8.32. The molecule has 2 aromatic carbocycles. The van der Waals surface area contributed by atoms with Gasteiger partial charge >= 0.3 is 5.88 Å². The number of amidine groups is 1. The van der Waals surface area contributed by atoms with Crippen LogP contribution in [0.3, 0.4) is 0 Å². The number of hydrogen-bond donors (Lipinski definition) is 1. The number of nitrogens with zero attached hydrogens (tertiary/aromatic N) is 4. The van der Waals surface area contributed by atoms with Crippen LogP contribution in [0.15, 0.2) is 64.2 Å². The first-order valence-corrected chi connectivity index (χ1v) is 8.19. The van der Waals surface area contributed by atoms with Gasteiger partial charge in [-0.3, -0.25) is 4.52 Å². The number of nitrogens with one attached hydrogen (secondary N) is 1. The van der Waals surface area contributed by atoms with Crippen LogP contribution >= 0.6 is 0 Å². The zero-order valence-corrected chi connectivity index (χ0v) is 14.5. The molecule has 0 saturated carbocycles. The summed E-state index contributed by atoms with van der Waals surface area (Å²) in [5, 5.41) is 26.9. The predicted molar refractivity (Wildman–Crippen MR) is 97.1 cm³/mol. The van der Waals surface area contributed by atoms with Crippen LogP contribution in [0.4, 0.5) is 11.6 Å². The fourth-order valence-corrected chi connectivity index (χ4v) is 2.28. The quantitative estimate of drug-likeness (QED) is 0.332. The molecule has 0 atom stereocenters. The zero-order chi connectivity index (χ0) is 19.1. The summed E-state index contributed by atoms with van der Waals surface area (Å²) >= 11 is 0. The Morgan fingerprint density at radius 3 is 2.63 bits per heavy atom. The lowest BCUT2D eigenvalue weighted by Gasteiger charge is -2.11. The molecule has 7 nitrogen and oxygen atoms in total. The first kappa shape index (κ1) is 17.7. The molecule has 0 aliphatic carbocycles. The smallest absolute Gasteiger partial charge is 0.322 e. The van der Waals surface area contributed by atoms with E-state index in [0.717, 1.165) is 12.1 Å². The topological polar surface area (TPSA) is 101 Å². The second-order valence-corrected chi connectivity index (χ2v) is 5.49. The Hall–Kier alpha value is -4.10. The summed E-state index contributed by atoms with van der Waals surface area (Å²) in [5.74, 6) is 5.06. The highest BCUT2D eigenvalue weighted by Gasteiger charge is 2.13. The van der Waals surface area contributed by atoms with Crippen molar-refractivity contribution >= 4 is 17.6 Å². The average molecular weight is 357 g/mol. The summed E-state index contributed by atoms with van der Waals surface area (Å²) in [6.45, 7) is 2.08. The molecule has 1 N–H and O–H groups in total. The normalized spacial score (nSPS) is 10.6. The summed E-state index contributed by atoms with van der Waals surface area (Å²) in [6, 6.07) is 15.7. The minimum Gasteiger partial charge on any atom is -0.846 e.